The minimum absolute atomic E-state index is 0.277. The van der Waals surface area contributed by atoms with E-state index in [-0.39, 0.29) is 6.54 Å². The lowest BCUT2D eigenvalue weighted by atomic mass is 9.86. The monoisotopic (exact) mass is 288 g/mol. The van der Waals surface area contributed by atoms with Crippen molar-refractivity contribution in [1.29, 1.82) is 0 Å². The van der Waals surface area contributed by atoms with Crippen molar-refractivity contribution < 1.29 is 24.9 Å². The molecule has 2 rings (SSSR count). The van der Waals surface area contributed by atoms with Crippen LogP contribution in [-0.4, -0.2) is 69.1 Å². The van der Waals surface area contributed by atoms with Gasteiger partial charge in [-0.1, -0.05) is 0 Å². The molecule has 2 heterocycles. The Morgan fingerprint density at radius 2 is 2.25 bits per heavy atom. The Bertz CT molecular complexity index is 429. The summed E-state index contributed by atoms with van der Waals surface area (Å²) in [6.45, 7) is 0.508. The summed E-state index contributed by atoms with van der Waals surface area (Å²) in [5.41, 5.74) is 7.68. The molecule has 9 heteroatoms. The van der Waals surface area contributed by atoms with E-state index in [1.807, 2.05) is 0 Å². The zero-order chi connectivity index (χ0) is 15.1. The van der Waals surface area contributed by atoms with Crippen LogP contribution in [0.4, 0.5) is 4.79 Å². The molecule has 1 fully saturated rings. The number of ether oxygens (including phenoxy) is 1. The summed E-state index contributed by atoms with van der Waals surface area (Å²) in [5.74, 6) is 0. The third-order valence-corrected chi connectivity index (χ3v) is 3.86. The highest BCUT2D eigenvalue weighted by atomic mass is 16.6. The minimum atomic E-state index is -1.86. The number of nitrogens with one attached hydrogen (secondary N) is 1. The maximum atomic E-state index is 12.0. The van der Waals surface area contributed by atoms with Gasteiger partial charge < -0.3 is 36.8 Å². The standard InChI is InChI=1S/C11H20N4O5/c1-10(19)8(17)6(4-16)20-11(10,5-12)15-3-2-7(13)14-9(15)18/h2-3,6-8,16-17,19H,4-5,12-13H2,1H3,(H,14,18)/t6-,7?,8-,10-,11-/m1/s1. The Balaban J connectivity index is 2.44. The third-order valence-electron chi connectivity index (χ3n) is 3.86. The normalized spacial score (nSPS) is 44.8. The van der Waals surface area contributed by atoms with Gasteiger partial charge in [-0.3, -0.25) is 4.90 Å². The maximum absolute atomic E-state index is 12.0. The number of nitrogens with two attached hydrogens (primary N) is 2. The molecule has 0 bridgehead atoms. The van der Waals surface area contributed by atoms with Crippen LogP contribution >= 0.6 is 0 Å². The summed E-state index contributed by atoms with van der Waals surface area (Å²) >= 11 is 0. The highest BCUT2D eigenvalue weighted by molar-refractivity contribution is 5.78. The van der Waals surface area contributed by atoms with Crippen LogP contribution in [0.2, 0.25) is 0 Å². The molecule has 20 heavy (non-hydrogen) atoms. The Kier molecular flexibility index (Phi) is 3.75. The lowest BCUT2D eigenvalue weighted by Crippen LogP contribution is -2.70. The Hall–Kier alpha value is -1.23. The summed E-state index contributed by atoms with van der Waals surface area (Å²) in [6, 6.07) is -0.614. The van der Waals surface area contributed by atoms with E-state index in [0.29, 0.717) is 0 Å². The van der Waals surface area contributed by atoms with Gasteiger partial charge in [0.25, 0.3) is 0 Å². The molecule has 114 valence electrons. The SMILES string of the molecule is C[C@@]1(O)[C@H](O)[C@@H](CO)O[C@@]1(CN)N1C=CC(N)NC1=O. The first-order valence-electron chi connectivity index (χ1n) is 6.23. The number of carbonyl (C=O) groups is 1. The van der Waals surface area contributed by atoms with Gasteiger partial charge >= 0.3 is 6.03 Å². The van der Waals surface area contributed by atoms with Crippen molar-refractivity contribution in [3.05, 3.63) is 12.3 Å². The Labute approximate surface area is 115 Å². The van der Waals surface area contributed by atoms with Crippen LogP contribution in [0.1, 0.15) is 6.92 Å². The molecule has 2 amide bonds. The van der Waals surface area contributed by atoms with Crippen molar-refractivity contribution in [2.75, 3.05) is 13.2 Å². The van der Waals surface area contributed by atoms with Crippen LogP contribution in [0.25, 0.3) is 0 Å². The van der Waals surface area contributed by atoms with E-state index >= 15 is 0 Å². The zero-order valence-electron chi connectivity index (χ0n) is 11.1. The van der Waals surface area contributed by atoms with Crippen LogP contribution in [0.3, 0.4) is 0 Å². The van der Waals surface area contributed by atoms with Crippen LogP contribution in [0.5, 0.6) is 0 Å². The van der Waals surface area contributed by atoms with Gasteiger partial charge in [0.05, 0.1) is 12.8 Å². The molecular weight excluding hydrogens is 268 g/mol. The van der Waals surface area contributed by atoms with E-state index in [2.05, 4.69) is 5.32 Å². The molecule has 0 aromatic rings. The molecule has 0 aliphatic carbocycles. The first-order valence-corrected chi connectivity index (χ1v) is 6.23. The van der Waals surface area contributed by atoms with Crippen LogP contribution in [0.15, 0.2) is 12.3 Å². The molecular formula is C11H20N4O5. The zero-order valence-corrected chi connectivity index (χ0v) is 11.1. The van der Waals surface area contributed by atoms with Gasteiger partial charge in [-0.2, -0.15) is 0 Å². The van der Waals surface area contributed by atoms with E-state index in [9.17, 15) is 20.1 Å². The number of carbonyl (C=O) groups excluding carboxylic acids is 1. The van der Waals surface area contributed by atoms with Gasteiger partial charge in [-0.05, 0) is 13.0 Å². The summed E-state index contributed by atoms with van der Waals surface area (Å²) < 4.78 is 5.52. The minimum Gasteiger partial charge on any atom is -0.394 e. The van der Waals surface area contributed by atoms with Crippen molar-refractivity contribution in [2.24, 2.45) is 11.5 Å². The smallest absolute Gasteiger partial charge is 0.325 e. The number of aliphatic hydroxyl groups is 3. The third kappa shape index (κ3) is 1.91. The lowest BCUT2D eigenvalue weighted by molar-refractivity contribution is -0.186. The van der Waals surface area contributed by atoms with Crippen molar-refractivity contribution in [1.82, 2.24) is 10.2 Å². The van der Waals surface area contributed by atoms with Crippen LogP contribution in [-0.2, 0) is 4.74 Å². The quantitative estimate of drug-likeness (QED) is 0.323. The van der Waals surface area contributed by atoms with E-state index in [1.165, 1.54) is 19.2 Å². The average Bonchev–Trinajstić information content (AvgIpc) is 2.59. The van der Waals surface area contributed by atoms with E-state index in [0.717, 1.165) is 4.90 Å². The molecule has 2 aliphatic heterocycles. The molecule has 1 unspecified atom stereocenters. The molecule has 5 atom stereocenters. The summed E-state index contributed by atoms with van der Waals surface area (Å²) in [5, 5.41) is 32.3. The summed E-state index contributed by atoms with van der Waals surface area (Å²) in [4.78, 5) is 13.1. The second-order valence-electron chi connectivity index (χ2n) is 5.11. The molecule has 9 nitrogen and oxygen atoms in total. The highest BCUT2D eigenvalue weighted by Gasteiger charge is 2.65. The average molecular weight is 288 g/mol. The molecule has 0 aromatic heterocycles. The van der Waals surface area contributed by atoms with Crippen molar-refractivity contribution >= 4 is 6.03 Å². The number of nitrogens with zero attached hydrogens (tertiary/aromatic N) is 1. The topological polar surface area (TPSA) is 154 Å². The fourth-order valence-electron chi connectivity index (χ4n) is 2.61. The summed E-state index contributed by atoms with van der Waals surface area (Å²) in [6.07, 6.45) is -0.273. The second-order valence-corrected chi connectivity index (χ2v) is 5.11. The van der Waals surface area contributed by atoms with Crippen molar-refractivity contribution in [3.8, 4) is 0 Å². The molecule has 8 N–H and O–H groups in total. The van der Waals surface area contributed by atoms with Gasteiger partial charge in [0.2, 0.25) is 0 Å². The van der Waals surface area contributed by atoms with E-state index in [4.69, 9.17) is 16.2 Å². The van der Waals surface area contributed by atoms with Crippen LogP contribution in [0, 0.1) is 0 Å². The van der Waals surface area contributed by atoms with E-state index < -0.39 is 42.3 Å². The molecule has 1 saturated heterocycles. The summed E-state index contributed by atoms with van der Waals surface area (Å²) in [7, 11) is 0. The predicted octanol–water partition coefficient (Wildman–Crippen LogP) is -3.03. The van der Waals surface area contributed by atoms with E-state index in [1.54, 1.807) is 0 Å². The van der Waals surface area contributed by atoms with Crippen molar-refractivity contribution in [3.63, 3.8) is 0 Å². The maximum Gasteiger partial charge on any atom is 0.325 e. The first kappa shape index (κ1) is 15.2. The molecule has 0 saturated carbocycles. The Morgan fingerprint density at radius 3 is 2.70 bits per heavy atom. The molecule has 0 spiro atoms. The van der Waals surface area contributed by atoms with Crippen molar-refractivity contribution in [2.45, 2.75) is 36.6 Å². The number of rotatable bonds is 3. The first-order chi connectivity index (χ1) is 9.30. The molecule has 0 radical (unpaired) electrons. The van der Waals surface area contributed by atoms with Gasteiger partial charge in [0.15, 0.2) is 5.72 Å². The van der Waals surface area contributed by atoms with Crippen LogP contribution < -0.4 is 16.8 Å². The predicted molar refractivity (Wildman–Crippen MR) is 67.9 cm³/mol. The van der Waals surface area contributed by atoms with Gasteiger partial charge in [0, 0.05) is 12.7 Å². The largest absolute Gasteiger partial charge is 0.394 e. The second kappa shape index (κ2) is 4.95. The number of hydrogen-bond acceptors (Lipinski definition) is 7. The number of aliphatic hydroxyl groups excluding tert-OH is 2. The number of hydrogen-bond donors (Lipinski definition) is 6. The van der Waals surface area contributed by atoms with Gasteiger partial charge in [-0.15, -0.1) is 0 Å². The fraction of sp³-hybridized carbons (Fsp3) is 0.727. The highest BCUT2D eigenvalue weighted by Crippen LogP contribution is 2.42. The number of amides is 2. The van der Waals surface area contributed by atoms with Gasteiger partial charge in [0.1, 0.15) is 17.8 Å². The Morgan fingerprint density at radius 1 is 1.60 bits per heavy atom. The van der Waals surface area contributed by atoms with Gasteiger partial charge in [-0.25, -0.2) is 4.79 Å². The lowest BCUT2D eigenvalue weighted by Gasteiger charge is -2.46. The number of urea groups is 1. The molecule has 0 aromatic carbocycles. The molecule has 2 aliphatic rings. The fourth-order valence-corrected chi connectivity index (χ4v) is 2.61.